The number of hydrogen-bond donors (Lipinski definition) is 0. The zero-order valence-corrected chi connectivity index (χ0v) is 36.1. The molecule has 264 valence electrons. The summed E-state index contributed by atoms with van der Waals surface area (Å²) >= 11 is -8.08. The van der Waals surface area contributed by atoms with Crippen LogP contribution in [-0.2, 0) is 17.1 Å². The van der Waals surface area contributed by atoms with Gasteiger partial charge in [-0.2, -0.15) is 0 Å². The van der Waals surface area contributed by atoms with Gasteiger partial charge in [-0.15, -0.1) is 0 Å². The van der Waals surface area contributed by atoms with E-state index in [1.807, 2.05) is 0 Å². The van der Waals surface area contributed by atoms with Crippen LogP contribution in [0.15, 0.2) is 25.3 Å². The van der Waals surface area contributed by atoms with Crippen LogP contribution in [0.4, 0.5) is 0 Å². The average Bonchev–Trinajstić information content (AvgIpc) is 3.03. The van der Waals surface area contributed by atoms with Gasteiger partial charge in [0.2, 0.25) is 0 Å². The van der Waals surface area contributed by atoms with Crippen molar-refractivity contribution in [2.24, 2.45) is 0 Å². The van der Waals surface area contributed by atoms with Crippen molar-refractivity contribution in [3.8, 4) is 0 Å². The molecule has 0 spiro atoms. The zero-order chi connectivity index (χ0) is 33.5. The third kappa shape index (κ3) is 24.7. The van der Waals surface area contributed by atoms with E-state index in [1.165, 1.54) is 147 Å². The van der Waals surface area contributed by atoms with Gasteiger partial charge < -0.3 is 0 Å². The van der Waals surface area contributed by atoms with Gasteiger partial charge in [0.05, 0.1) is 0 Å². The molecule has 0 heterocycles. The van der Waals surface area contributed by atoms with E-state index in [0.717, 1.165) is 32.6 Å². The Kier molecular flexibility index (Phi) is 31.2. The fourth-order valence-corrected chi connectivity index (χ4v) is 46.3. The van der Waals surface area contributed by atoms with E-state index in [2.05, 4.69) is 40.9 Å². The van der Waals surface area contributed by atoms with E-state index in [4.69, 9.17) is 7.56 Å². The van der Waals surface area contributed by atoms with Crippen molar-refractivity contribution in [1.82, 2.24) is 0 Å². The van der Waals surface area contributed by atoms with Crippen molar-refractivity contribution in [3.05, 3.63) is 25.3 Å². The Labute approximate surface area is 290 Å². The van der Waals surface area contributed by atoms with Crippen LogP contribution in [0.2, 0.25) is 17.7 Å². The number of hydrogen-bond acceptors (Lipinski definition) is 5. The van der Waals surface area contributed by atoms with Gasteiger partial charge in [-0.1, -0.05) is 0 Å². The fourth-order valence-electron chi connectivity index (χ4n) is 6.27. The van der Waals surface area contributed by atoms with Crippen LogP contribution < -0.4 is 0 Å². The second kappa shape index (κ2) is 31.3. The number of unbranched alkanes of at least 4 members (excludes halogenated alkanes) is 20. The third-order valence-electron chi connectivity index (χ3n) is 9.01. The molecule has 0 unspecified atom stereocenters. The summed E-state index contributed by atoms with van der Waals surface area (Å²) in [6, 6.07) is 0. The molecule has 0 amide bonds. The Morgan fingerprint density at radius 2 is 0.711 bits per heavy atom. The molecule has 0 saturated heterocycles. The summed E-state index contributed by atoms with van der Waals surface area (Å²) < 4.78 is 23.9. The fraction of sp³-hybridized carbons (Fsp3) is 0.842. The SMILES string of the molecule is C=CC(=O)[O][Sn]([CH2]CCCCCCC)([O]C(=O)C=C)[O][Sn]([CH2]CCCCCCC)([CH2]CCCCCCC)[CH2]CCCCCCC. The van der Waals surface area contributed by atoms with Gasteiger partial charge in [0.15, 0.2) is 0 Å². The summed E-state index contributed by atoms with van der Waals surface area (Å²) in [6.45, 7) is 16.4. The van der Waals surface area contributed by atoms with Gasteiger partial charge in [-0.25, -0.2) is 0 Å². The number of carbonyl (C=O) groups excluding carboxylic acids is 2. The van der Waals surface area contributed by atoms with Crippen molar-refractivity contribution in [1.29, 1.82) is 0 Å². The molecule has 5 nitrogen and oxygen atoms in total. The molecular weight excluding hydrogens is 774 g/mol. The molecule has 0 rings (SSSR count). The van der Waals surface area contributed by atoms with Crippen LogP contribution >= 0.6 is 0 Å². The average molecular weight is 848 g/mol. The Morgan fingerprint density at radius 1 is 0.444 bits per heavy atom. The minimum absolute atomic E-state index is 0.507. The molecule has 0 saturated carbocycles. The van der Waals surface area contributed by atoms with E-state index in [9.17, 15) is 9.59 Å². The normalized spacial score (nSPS) is 11.8. The molecule has 0 aliphatic heterocycles. The predicted molar refractivity (Wildman–Crippen MR) is 198 cm³/mol. The first-order chi connectivity index (χ1) is 21.9. The standard InChI is InChI=1S/4C8H17.2C3H4O2.O.2Sn/c4*1-3-5-7-8-6-4-2;2*1-2-3(4)5;;;/h4*1,3-8H2,2H3;2*2H,1H2,(H,4,5);;;/q;;;;;;;;+2/p-2. The molecule has 0 bridgehead atoms. The molecule has 0 atom stereocenters. The zero-order valence-electron chi connectivity index (χ0n) is 30.4. The Hall–Kier alpha value is -0.0226. The summed E-state index contributed by atoms with van der Waals surface area (Å²) in [5.74, 6) is -1.01. The van der Waals surface area contributed by atoms with Gasteiger partial charge in [-0.05, 0) is 0 Å². The van der Waals surface area contributed by atoms with Gasteiger partial charge in [0, 0.05) is 0 Å². The van der Waals surface area contributed by atoms with Crippen LogP contribution in [0.5, 0.6) is 0 Å². The van der Waals surface area contributed by atoms with Crippen LogP contribution in [0, 0.1) is 0 Å². The second-order valence-electron chi connectivity index (χ2n) is 13.3. The van der Waals surface area contributed by atoms with Crippen molar-refractivity contribution < 1.29 is 17.1 Å². The van der Waals surface area contributed by atoms with E-state index in [0.29, 0.717) is 4.44 Å². The molecular formula is C38H74O5Sn2. The number of carbonyl (C=O) groups is 2. The van der Waals surface area contributed by atoms with Gasteiger partial charge in [0.1, 0.15) is 0 Å². The van der Waals surface area contributed by atoms with Crippen LogP contribution in [0.25, 0.3) is 0 Å². The molecule has 0 aromatic heterocycles. The molecule has 0 aromatic carbocycles. The van der Waals surface area contributed by atoms with Crippen molar-refractivity contribution in [2.75, 3.05) is 0 Å². The van der Waals surface area contributed by atoms with Crippen LogP contribution in [0.1, 0.15) is 182 Å². The number of rotatable bonds is 34. The summed E-state index contributed by atoms with van der Waals surface area (Å²) in [5.41, 5.74) is 0. The third-order valence-corrected chi connectivity index (χ3v) is 41.9. The van der Waals surface area contributed by atoms with E-state index in [1.54, 1.807) is 0 Å². The monoisotopic (exact) mass is 850 g/mol. The Morgan fingerprint density at radius 3 is 1.00 bits per heavy atom. The van der Waals surface area contributed by atoms with Crippen molar-refractivity contribution in [3.63, 3.8) is 0 Å². The summed E-state index contributed by atoms with van der Waals surface area (Å²) in [6.07, 6.45) is 31.7. The first-order valence-electron chi connectivity index (χ1n) is 19.3. The van der Waals surface area contributed by atoms with Crippen molar-refractivity contribution in [2.45, 2.75) is 200 Å². The van der Waals surface area contributed by atoms with Gasteiger partial charge in [0.25, 0.3) is 0 Å². The predicted octanol–water partition coefficient (Wildman–Crippen LogP) is 12.8. The molecule has 7 heteroatoms. The van der Waals surface area contributed by atoms with Crippen molar-refractivity contribution >= 4 is 50.3 Å². The molecule has 0 aliphatic carbocycles. The van der Waals surface area contributed by atoms with Gasteiger partial charge >= 0.3 is 292 Å². The first-order valence-corrected chi connectivity index (χ1v) is 32.0. The maximum absolute atomic E-state index is 12.9. The second-order valence-corrected chi connectivity index (χ2v) is 35.3. The summed E-state index contributed by atoms with van der Waals surface area (Å²) in [5, 5.41) is 0. The van der Waals surface area contributed by atoms with Crippen LogP contribution in [-0.4, -0.2) is 50.3 Å². The molecule has 0 aromatic rings. The van der Waals surface area contributed by atoms with E-state index in [-0.39, 0.29) is 0 Å². The summed E-state index contributed by atoms with van der Waals surface area (Å²) in [4.78, 5) is 25.8. The molecule has 0 fully saturated rings. The molecule has 0 radical (unpaired) electrons. The maximum atomic E-state index is 12.9. The van der Waals surface area contributed by atoms with E-state index >= 15 is 0 Å². The molecule has 0 N–H and O–H groups in total. The quantitative estimate of drug-likeness (QED) is 0.0367. The Bertz CT molecular complexity index is 679. The molecule has 45 heavy (non-hydrogen) atoms. The first kappa shape index (κ1) is 45.0. The van der Waals surface area contributed by atoms with E-state index < -0.39 is 50.3 Å². The Balaban J connectivity index is 6.30. The van der Waals surface area contributed by atoms with Gasteiger partial charge in [-0.3, -0.25) is 0 Å². The minimum atomic E-state index is -4.67. The topological polar surface area (TPSA) is 61.8 Å². The summed E-state index contributed by atoms with van der Waals surface area (Å²) in [7, 11) is 0. The molecule has 0 aliphatic rings. The van der Waals surface area contributed by atoms with Crippen LogP contribution in [0.3, 0.4) is 0 Å².